The Hall–Kier alpha value is -7.42. The van der Waals surface area contributed by atoms with Gasteiger partial charge < -0.3 is 8.83 Å². The fourth-order valence-corrected chi connectivity index (χ4v) is 9.69. The van der Waals surface area contributed by atoms with Gasteiger partial charge in [0, 0.05) is 26.9 Å². The molecule has 2 heteroatoms. The van der Waals surface area contributed by atoms with Crippen molar-refractivity contribution in [1.82, 2.24) is 0 Å². The fourth-order valence-electron chi connectivity index (χ4n) is 9.69. The second-order valence-corrected chi connectivity index (χ2v) is 15.1. The van der Waals surface area contributed by atoms with Crippen LogP contribution in [0.25, 0.3) is 131 Å². The third kappa shape index (κ3) is 4.10. The highest BCUT2D eigenvalue weighted by Crippen LogP contribution is 2.46. The van der Waals surface area contributed by atoms with Crippen LogP contribution in [-0.2, 0) is 0 Å². The molecule has 0 atom stereocenters. The molecule has 0 bridgehead atoms. The Labute approximate surface area is 320 Å². The summed E-state index contributed by atoms with van der Waals surface area (Å²) in [5.41, 5.74) is 8.42. The van der Waals surface area contributed by atoms with E-state index in [0.29, 0.717) is 0 Å². The van der Waals surface area contributed by atoms with Gasteiger partial charge in [-0.1, -0.05) is 127 Å². The molecule has 0 fully saturated rings. The molecule has 0 aliphatic carbocycles. The van der Waals surface area contributed by atoms with Crippen molar-refractivity contribution in [3.63, 3.8) is 0 Å². The van der Waals surface area contributed by atoms with E-state index in [4.69, 9.17) is 8.83 Å². The molecule has 11 aromatic carbocycles. The van der Waals surface area contributed by atoms with Crippen LogP contribution >= 0.6 is 0 Å². The summed E-state index contributed by atoms with van der Waals surface area (Å²) >= 11 is 0. The van der Waals surface area contributed by atoms with Crippen molar-refractivity contribution in [2.75, 3.05) is 0 Å². The lowest BCUT2D eigenvalue weighted by molar-refractivity contribution is 0.669. The Bertz CT molecular complexity index is 3750. The Morgan fingerprint density at radius 1 is 0.232 bits per heavy atom. The molecule has 13 rings (SSSR count). The number of hydrogen-bond donors (Lipinski definition) is 0. The van der Waals surface area contributed by atoms with Crippen molar-refractivity contribution in [3.8, 4) is 22.3 Å². The molecule has 2 nitrogen and oxygen atoms in total. The van der Waals surface area contributed by atoms with E-state index >= 15 is 0 Å². The lowest BCUT2D eigenvalue weighted by Crippen LogP contribution is -1.86. The average molecular weight is 711 g/mol. The SMILES string of the molecule is c1ccc2c(-c3ccc4oc5ccc(-c6ccc7c(c6)c6ccccc6c6c7ccc7oc8ccc9ccccc9c8c76)cc5c4c3)c3ccccc3cc2c1. The van der Waals surface area contributed by atoms with Crippen molar-refractivity contribution in [2.24, 2.45) is 0 Å². The zero-order chi connectivity index (χ0) is 36.5. The molecule has 0 unspecified atom stereocenters. The first kappa shape index (κ1) is 30.0. The Morgan fingerprint density at radius 3 is 1.45 bits per heavy atom. The maximum Gasteiger partial charge on any atom is 0.136 e. The van der Waals surface area contributed by atoms with Gasteiger partial charge in [-0.3, -0.25) is 0 Å². The predicted octanol–water partition coefficient (Wildman–Crippen LogP) is 15.7. The Morgan fingerprint density at radius 2 is 0.696 bits per heavy atom. The summed E-state index contributed by atoms with van der Waals surface area (Å²) in [6, 6.07) is 66.1. The lowest BCUT2D eigenvalue weighted by Gasteiger charge is -2.13. The maximum absolute atomic E-state index is 6.53. The van der Waals surface area contributed by atoms with E-state index in [2.05, 4.69) is 182 Å². The molecular weight excluding hydrogens is 681 g/mol. The van der Waals surface area contributed by atoms with Crippen molar-refractivity contribution in [2.45, 2.75) is 0 Å². The van der Waals surface area contributed by atoms with Crippen molar-refractivity contribution in [3.05, 3.63) is 182 Å². The van der Waals surface area contributed by atoms with E-state index in [1.54, 1.807) is 0 Å². The van der Waals surface area contributed by atoms with Crippen LogP contribution in [0.2, 0.25) is 0 Å². The molecule has 56 heavy (non-hydrogen) atoms. The molecule has 2 heterocycles. The molecule has 0 N–H and O–H groups in total. The van der Waals surface area contributed by atoms with E-state index in [0.717, 1.165) is 38.7 Å². The molecule has 0 saturated carbocycles. The van der Waals surface area contributed by atoms with Crippen LogP contribution in [0.15, 0.2) is 191 Å². The second kappa shape index (κ2) is 11.1. The van der Waals surface area contributed by atoms with Crippen LogP contribution in [0.1, 0.15) is 0 Å². The molecule has 0 spiro atoms. The number of fused-ring (bicyclic) bond motifs is 17. The van der Waals surface area contributed by atoms with Gasteiger partial charge in [0.1, 0.15) is 22.3 Å². The highest BCUT2D eigenvalue weighted by Gasteiger charge is 2.19. The topological polar surface area (TPSA) is 26.3 Å². The van der Waals surface area contributed by atoms with Gasteiger partial charge >= 0.3 is 0 Å². The van der Waals surface area contributed by atoms with Gasteiger partial charge in [-0.25, -0.2) is 0 Å². The summed E-state index contributed by atoms with van der Waals surface area (Å²) in [6.07, 6.45) is 0. The van der Waals surface area contributed by atoms with Crippen LogP contribution < -0.4 is 0 Å². The van der Waals surface area contributed by atoms with Gasteiger partial charge in [0.15, 0.2) is 0 Å². The van der Waals surface area contributed by atoms with Gasteiger partial charge in [-0.15, -0.1) is 0 Å². The molecular formula is C54H30O2. The normalized spacial score (nSPS) is 12.3. The maximum atomic E-state index is 6.53. The van der Waals surface area contributed by atoms with Crippen LogP contribution in [0.3, 0.4) is 0 Å². The fraction of sp³-hybridized carbons (Fsp3) is 0. The van der Waals surface area contributed by atoms with Crippen LogP contribution in [0, 0.1) is 0 Å². The minimum atomic E-state index is 0.893. The number of rotatable bonds is 2. The predicted molar refractivity (Wildman–Crippen MR) is 237 cm³/mol. The van der Waals surface area contributed by atoms with Crippen LogP contribution in [-0.4, -0.2) is 0 Å². The number of furan rings is 2. The zero-order valence-corrected chi connectivity index (χ0v) is 30.1. The van der Waals surface area contributed by atoms with Gasteiger partial charge in [0.2, 0.25) is 0 Å². The van der Waals surface area contributed by atoms with Crippen molar-refractivity contribution >= 4 is 109 Å². The second-order valence-electron chi connectivity index (χ2n) is 15.1. The molecule has 13 aromatic rings. The minimum absolute atomic E-state index is 0.893. The highest BCUT2D eigenvalue weighted by atomic mass is 16.3. The first-order chi connectivity index (χ1) is 27.7. The van der Waals surface area contributed by atoms with Crippen molar-refractivity contribution in [1.29, 1.82) is 0 Å². The first-order valence-corrected chi connectivity index (χ1v) is 19.2. The monoisotopic (exact) mass is 710 g/mol. The van der Waals surface area contributed by atoms with E-state index < -0.39 is 0 Å². The zero-order valence-electron chi connectivity index (χ0n) is 30.1. The van der Waals surface area contributed by atoms with E-state index in [9.17, 15) is 0 Å². The third-order valence-electron chi connectivity index (χ3n) is 12.2. The number of benzene rings is 11. The smallest absolute Gasteiger partial charge is 0.136 e. The van der Waals surface area contributed by atoms with Crippen LogP contribution in [0.5, 0.6) is 0 Å². The Kier molecular flexibility index (Phi) is 5.92. The largest absolute Gasteiger partial charge is 0.456 e. The molecule has 0 aliphatic rings. The quantitative estimate of drug-likeness (QED) is 0.132. The summed E-state index contributed by atoms with van der Waals surface area (Å²) < 4.78 is 13.0. The van der Waals surface area contributed by atoms with Gasteiger partial charge in [-0.05, 0) is 136 Å². The average Bonchev–Trinajstić information content (AvgIpc) is 3.83. The van der Waals surface area contributed by atoms with Crippen molar-refractivity contribution < 1.29 is 8.83 Å². The molecule has 258 valence electrons. The lowest BCUT2D eigenvalue weighted by atomic mass is 9.89. The highest BCUT2D eigenvalue weighted by molar-refractivity contribution is 6.37. The summed E-state index contributed by atoms with van der Waals surface area (Å²) in [7, 11) is 0. The van der Waals surface area contributed by atoms with E-state index in [1.165, 1.54) is 92.1 Å². The van der Waals surface area contributed by atoms with Crippen LogP contribution in [0.4, 0.5) is 0 Å². The summed E-state index contributed by atoms with van der Waals surface area (Å²) in [5.74, 6) is 0. The minimum Gasteiger partial charge on any atom is -0.456 e. The number of hydrogen-bond acceptors (Lipinski definition) is 2. The molecule has 0 saturated heterocycles. The molecule has 2 aromatic heterocycles. The third-order valence-corrected chi connectivity index (χ3v) is 12.2. The molecule has 0 amide bonds. The molecule has 0 aliphatic heterocycles. The Balaban J connectivity index is 1.03. The standard InChI is InChI=1S/C54H30O2/c1-4-12-37-31(9-1)18-25-49-53(37)54-50(56-49)26-22-43-41-21-17-32(28-44(41)40-15-7-8-16-42(40)52(43)54)33-19-23-47-45(29-33)46-30-36(20-24-48(46)55-47)51-38-13-5-2-10-34(38)27-35-11-3-6-14-39(35)51/h1-30H. The van der Waals surface area contributed by atoms with Gasteiger partial charge in [0.25, 0.3) is 0 Å². The summed E-state index contributed by atoms with van der Waals surface area (Å²) in [4.78, 5) is 0. The summed E-state index contributed by atoms with van der Waals surface area (Å²) in [5, 5.41) is 19.5. The van der Waals surface area contributed by atoms with E-state index in [1.807, 2.05) is 0 Å². The van der Waals surface area contributed by atoms with Gasteiger partial charge in [0.05, 0.1) is 0 Å². The van der Waals surface area contributed by atoms with Gasteiger partial charge in [-0.2, -0.15) is 0 Å². The first-order valence-electron chi connectivity index (χ1n) is 19.2. The van der Waals surface area contributed by atoms with E-state index in [-0.39, 0.29) is 0 Å². The molecule has 0 radical (unpaired) electrons. The summed E-state index contributed by atoms with van der Waals surface area (Å²) in [6.45, 7) is 0.